The molecule has 0 aromatic rings. The lowest BCUT2D eigenvalue weighted by molar-refractivity contribution is -0.145. The molecule has 3 N–H and O–H groups in total. The molecule has 0 aromatic heterocycles. The van der Waals surface area contributed by atoms with Crippen molar-refractivity contribution in [2.75, 3.05) is 53.4 Å². The van der Waals surface area contributed by atoms with Crippen LogP contribution in [0.2, 0.25) is 0 Å². The van der Waals surface area contributed by atoms with Gasteiger partial charge in [0.25, 0.3) is 0 Å². The molecule has 1 aliphatic carbocycles. The number of rotatable bonds is 5. The second-order valence-electron chi connectivity index (χ2n) is 6.89. The van der Waals surface area contributed by atoms with Crippen LogP contribution in [0.15, 0.2) is 0 Å². The zero-order valence-electron chi connectivity index (χ0n) is 13.4. The van der Waals surface area contributed by atoms with E-state index in [1.807, 2.05) is 0 Å². The molecule has 1 saturated carbocycles. The van der Waals surface area contributed by atoms with Crippen molar-refractivity contribution < 1.29 is 9.90 Å². The summed E-state index contributed by atoms with van der Waals surface area (Å²) in [5.41, 5.74) is 5.06. The highest BCUT2D eigenvalue weighted by molar-refractivity contribution is 5.78. The molecular weight excluding hydrogens is 268 g/mol. The zero-order valence-corrected chi connectivity index (χ0v) is 13.4. The Morgan fingerprint density at radius 1 is 1.33 bits per heavy atom. The topological polar surface area (TPSA) is 73.0 Å². The fourth-order valence-electron chi connectivity index (χ4n) is 3.48. The minimum atomic E-state index is -1.01. The van der Waals surface area contributed by atoms with E-state index in [1.54, 1.807) is 0 Å². The summed E-state index contributed by atoms with van der Waals surface area (Å²) >= 11 is 0. The molecule has 2 atom stereocenters. The molecule has 0 radical (unpaired) electrons. The summed E-state index contributed by atoms with van der Waals surface area (Å²) in [6.07, 6.45) is 3.22. The maximum absolute atomic E-state index is 11.3. The van der Waals surface area contributed by atoms with E-state index in [-0.39, 0.29) is 0 Å². The SMILES string of the molecule is CN(C)CCN1CCN(C2CCCC(N)(C(=O)O)C2)CC1. The van der Waals surface area contributed by atoms with Crippen LogP contribution in [0.1, 0.15) is 25.7 Å². The number of aliphatic carboxylic acids is 1. The fraction of sp³-hybridized carbons (Fsp3) is 0.933. The molecule has 21 heavy (non-hydrogen) atoms. The smallest absolute Gasteiger partial charge is 0.323 e. The van der Waals surface area contributed by atoms with Gasteiger partial charge in [-0.2, -0.15) is 0 Å². The van der Waals surface area contributed by atoms with E-state index in [9.17, 15) is 9.90 Å². The van der Waals surface area contributed by atoms with Gasteiger partial charge in [-0.15, -0.1) is 0 Å². The van der Waals surface area contributed by atoms with Gasteiger partial charge < -0.3 is 15.7 Å². The third-order valence-corrected chi connectivity index (χ3v) is 4.97. The van der Waals surface area contributed by atoms with Gasteiger partial charge in [-0.3, -0.25) is 14.6 Å². The van der Waals surface area contributed by atoms with E-state index in [2.05, 4.69) is 28.8 Å². The highest BCUT2D eigenvalue weighted by Gasteiger charge is 2.41. The number of nitrogens with two attached hydrogens (primary N) is 1. The molecule has 2 rings (SSSR count). The minimum absolute atomic E-state index is 0.343. The highest BCUT2D eigenvalue weighted by atomic mass is 16.4. The van der Waals surface area contributed by atoms with E-state index in [0.717, 1.165) is 52.1 Å². The third kappa shape index (κ3) is 4.39. The van der Waals surface area contributed by atoms with Crippen molar-refractivity contribution in [2.45, 2.75) is 37.3 Å². The zero-order chi connectivity index (χ0) is 15.5. The van der Waals surface area contributed by atoms with Gasteiger partial charge in [0.1, 0.15) is 5.54 Å². The van der Waals surface area contributed by atoms with E-state index < -0.39 is 11.5 Å². The van der Waals surface area contributed by atoms with Gasteiger partial charge in [0.05, 0.1) is 0 Å². The second kappa shape index (κ2) is 7.05. The number of piperazine rings is 1. The van der Waals surface area contributed by atoms with Crippen LogP contribution in [-0.4, -0.2) is 90.7 Å². The molecule has 1 saturated heterocycles. The summed E-state index contributed by atoms with van der Waals surface area (Å²) in [4.78, 5) is 18.5. The minimum Gasteiger partial charge on any atom is -0.480 e. The summed E-state index contributed by atoms with van der Waals surface area (Å²) in [6.45, 7) is 6.43. The van der Waals surface area contributed by atoms with Crippen molar-refractivity contribution >= 4 is 5.97 Å². The van der Waals surface area contributed by atoms with E-state index in [0.29, 0.717) is 18.9 Å². The fourth-order valence-corrected chi connectivity index (χ4v) is 3.48. The molecule has 0 aromatic carbocycles. The lowest BCUT2D eigenvalue weighted by Crippen LogP contribution is -2.58. The van der Waals surface area contributed by atoms with Crippen LogP contribution in [0.3, 0.4) is 0 Å². The van der Waals surface area contributed by atoms with Crippen molar-refractivity contribution in [3.63, 3.8) is 0 Å². The first-order valence-electron chi connectivity index (χ1n) is 8.04. The largest absolute Gasteiger partial charge is 0.480 e. The molecule has 0 spiro atoms. The predicted molar refractivity (Wildman–Crippen MR) is 83.4 cm³/mol. The van der Waals surface area contributed by atoms with Gasteiger partial charge in [0.15, 0.2) is 0 Å². The Labute approximate surface area is 127 Å². The van der Waals surface area contributed by atoms with Crippen LogP contribution in [-0.2, 0) is 4.79 Å². The maximum atomic E-state index is 11.3. The summed E-state index contributed by atoms with van der Waals surface area (Å²) in [7, 11) is 4.20. The van der Waals surface area contributed by atoms with Crippen molar-refractivity contribution in [1.82, 2.24) is 14.7 Å². The maximum Gasteiger partial charge on any atom is 0.323 e. The average Bonchev–Trinajstić information content (AvgIpc) is 2.45. The second-order valence-corrected chi connectivity index (χ2v) is 6.89. The Bertz CT molecular complexity index is 356. The molecule has 1 heterocycles. The van der Waals surface area contributed by atoms with Crippen molar-refractivity contribution in [1.29, 1.82) is 0 Å². The lowest BCUT2D eigenvalue weighted by Gasteiger charge is -2.44. The lowest BCUT2D eigenvalue weighted by atomic mass is 9.79. The molecule has 2 fully saturated rings. The molecule has 0 amide bonds. The number of carbonyl (C=O) groups is 1. The molecule has 2 aliphatic rings. The molecule has 2 unspecified atom stereocenters. The van der Waals surface area contributed by atoms with Crippen LogP contribution in [0.5, 0.6) is 0 Å². The van der Waals surface area contributed by atoms with Crippen molar-refractivity contribution in [2.24, 2.45) is 5.73 Å². The number of hydrogen-bond donors (Lipinski definition) is 2. The quantitative estimate of drug-likeness (QED) is 0.738. The van der Waals surface area contributed by atoms with Gasteiger partial charge in [-0.25, -0.2) is 0 Å². The molecule has 122 valence electrons. The summed E-state index contributed by atoms with van der Waals surface area (Å²) in [6, 6.07) is 0.343. The van der Waals surface area contributed by atoms with Crippen LogP contribution in [0.4, 0.5) is 0 Å². The summed E-state index contributed by atoms with van der Waals surface area (Å²) < 4.78 is 0. The molecular formula is C15H30N4O2. The number of likely N-dealkylation sites (N-methyl/N-ethyl adjacent to an activating group) is 1. The number of hydrogen-bond acceptors (Lipinski definition) is 5. The first-order valence-corrected chi connectivity index (χ1v) is 8.04. The normalized spacial score (nSPS) is 32.5. The van der Waals surface area contributed by atoms with Crippen LogP contribution >= 0.6 is 0 Å². The van der Waals surface area contributed by atoms with E-state index in [4.69, 9.17) is 5.73 Å². The van der Waals surface area contributed by atoms with Crippen LogP contribution in [0, 0.1) is 0 Å². The number of carboxylic acid groups (broad SMARTS) is 1. The van der Waals surface area contributed by atoms with E-state index in [1.165, 1.54) is 0 Å². The number of carboxylic acids is 1. The van der Waals surface area contributed by atoms with Gasteiger partial charge in [-0.1, -0.05) is 0 Å². The van der Waals surface area contributed by atoms with Crippen molar-refractivity contribution in [3.8, 4) is 0 Å². The summed E-state index contributed by atoms with van der Waals surface area (Å²) in [5, 5.41) is 9.32. The Kier molecular flexibility index (Phi) is 5.60. The Morgan fingerprint density at radius 3 is 2.57 bits per heavy atom. The predicted octanol–water partition coefficient (Wildman–Crippen LogP) is -0.110. The number of nitrogens with zero attached hydrogens (tertiary/aromatic N) is 3. The third-order valence-electron chi connectivity index (χ3n) is 4.97. The molecule has 0 bridgehead atoms. The van der Waals surface area contributed by atoms with Gasteiger partial charge >= 0.3 is 5.97 Å². The van der Waals surface area contributed by atoms with Gasteiger partial charge in [-0.05, 0) is 39.8 Å². The van der Waals surface area contributed by atoms with E-state index >= 15 is 0 Å². The summed E-state index contributed by atoms with van der Waals surface area (Å²) in [5.74, 6) is -0.836. The highest BCUT2D eigenvalue weighted by Crippen LogP contribution is 2.30. The molecule has 6 heteroatoms. The first-order chi connectivity index (χ1) is 9.90. The Hall–Kier alpha value is -0.690. The average molecular weight is 298 g/mol. The first kappa shape index (κ1) is 16.7. The Balaban J connectivity index is 1.80. The van der Waals surface area contributed by atoms with Gasteiger partial charge in [0, 0.05) is 45.3 Å². The van der Waals surface area contributed by atoms with Crippen LogP contribution in [0.25, 0.3) is 0 Å². The van der Waals surface area contributed by atoms with Crippen molar-refractivity contribution in [3.05, 3.63) is 0 Å². The molecule has 6 nitrogen and oxygen atoms in total. The van der Waals surface area contributed by atoms with Gasteiger partial charge in [0.2, 0.25) is 0 Å². The van der Waals surface area contributed by atoms with Crippen LogP contribution < -0.4 is 5.73 Å². The standard InChI is InChI=1S/C15H30N4O2/c1-17(2)6-7-18-8-10-19(11-9-18)13-4-3-5-15(16,12-13)14(20)21/h13H,3-12,16H2,1-2H3,(H,20,21). The molecule has 1 aliphatic heterocycles. The monoisotopic (exact) mass is 298 g/mol. The Morgan fingerprint density at radius 2 is 2.00 bits per heavy atom.